The van der Waals surface area contributed by atoms with E-state index in [-0.39, 0.29) is 29.0 Å². The molecular formula is C11H7ClFN5O2. The van der Waals surface area contributed by atoms with Gasteiger partial charge in [-0.05, 0) is 18.2 Å². The van der Waals surface area contributed by atoms with Gasteiger partial charge in [0.25, 0.3) is 0 Å². The molecule has 0 spiro atoms. The molecule has 20 heavy (non-hydrogen) atoms. The van der Waals surface area contributed by atoms with Gasteiger partial charge in [0.05, 0.1) is 5.02 Å². The largest absolute Gasteiger partial charge is 0.343 e. The summed E-state index contributed by atoms with van der Waals surface area (Å²) in [5, 5.41) is 9.75. The topological polar surface area (TPSA) is 89.6 Å². The van der Waals surface area contributed by atoms with Crippen LogP contribution in [0.15, 0.2) is 33.8 Å². The molecule has 3 rings (SSSR count). The predicted molar refractivity (Wildman–Crippen MR) is 66.7 cm³/mol. The first kappa shape index (κ1) is 12.5. The van der Waals surface area contributed by atoms with Gasteiger partial charge >= 0.3 is 5.69 Å². The summed E-state index contributed by atoms with van der Waals surface area (Å²) in [6.45, 7) is 0.0845. The molecule has 0 aliphatic heterocycles. The second-order valence-electron chi connectivity index (χ2n) is 3.93. The average Bonchev–Trinajstić information content (AvgIpc) is 3.00. The Morgan fingerprint density at radius 1 is 1.45 bits per heavy atom. The number of benzene rings is 1. The van der Waals surface area contributed by atoms with Crippen LogP contribution in [0.1, 0.15) is 5.89 Å². The van der Waals surface area contributed by atoms with Crippen LogP contribution in [-0.2, 0) is 6.54 Å². The molecule has 2 aromatic heterocycles. The number of rotatable bonds is 3. The highest BCUT2D eigenvalue weighted by molar-refractivity contribution is 6.33. The molecule has 0 radical (unpaired) electrons. The van der Waals surface area contributed by atoms with Crippen molar-refractivity contribution in [2.75, 3.05) is 0 Å². The summed E-state index contributed by atoms with van der Waals surface area (Å²) in [7, 11) is 0. The molecule has 0 fully saturated rings. The zero-order valence-electron chi connectivity index (χ0n) is 9.88. The predicted octanol–water partition coefficient (Wildman–Crippen LogP) is 1.46. The summed E-state index contributed by atoms with van der Waals surface area (Å²) < 4.78 is 19.3. The van der Waals surface area contributed by atoms with Gasteiger partial charge in [-0.15, -0.1) is 0 Å². The molecule has 102 valence electrons. The van der Waals surface area contributed by atoms with E-state index in [0.29, 0.717) is 5.56 Å². The van der Waals surface area contributed by atoms with Crippen molar-refractivity contribution in [1.82, 2.24) is 24.9 Å². The Morgan fingerprint density at radius 3 is 3.00 bits per heavy atom. The van der Waals surface area contributed by atoms with E-state index in [0.717, 1.165) is 6.07 Å². The van der Waals surface area contributed by atoms with Crippen LogP contribution in [0.25, 0.3) is 11.4 Å². The lowest BCUT2D eigenvalue weighted by Crippen LogP contribution is -2.16. The number of hydrogen-bond donors (Lipinski definition) is 1. The molecule has 0 aliphatic carbocycles. The van der Waals surface area contributed by atoms with Crippen molar-refractivity contribution in [2.45, 2.75) is 6.54 Å². The van der Waals surface area contributed by atoms with Crippen LogP contribution in [0.5, 0.6) is 0 Å². The van der Waals surface area contributed by atoms with Crippen LogP contribution < -0.4 is 5.69 Å². The summed E-state index contributed by atoms with van der Waals surface area (Å²) in [6, 6.07) is 3.86. The Balaban J connectivity index is 1.90. The van der Waals surface area contributed by atoms with Gasteiger partial charge in [0.15, 0.2) is 0 Å². The van der Waals surface area contributed by atoms with Gasteiger partial charge < -0.3 is 4.52 Å². The number of halogens is 2. The Bertz CT molecular complexity index is 809. The maximum absolute atomic E-state index is 13.0. The van der Waals surface area contributed by atoms with Gasteiger partial charge in [-0.2, -0.15) is 10.1 Å². The van der Waals surface area contributed by atoms with Gasteiger partial charge in [-0.3, -0.25) is 4.57 Å². The van der Waals surface area contributed by atoms with E-state index in [4.69, 9.17) is 16.1 Å². The average molecular weight is 296 g/mol. The van der Waals surface area contributed by atoms with Crippen molar-refractivity contribution in [3.05, 3.63) is 51.7 Å². The fourth-order valence-electron chi connectivity index (χ4n) is 1.63. The van der Waals surface area contributed by atoms with Crippen molar-refractivity contribution in [1.29, 1.82) is 0 Å². The SMILES string of the molecule is O=c1[nH]ncn1Cc1nc(-c2ccc(F)cc2Cl)no1. The third-order valence-electron chi connectivity index (χ3n) is 2.56. The highest BCUT2D eigenvalue weighted by Gasteiger charge is 2.13. The van der Waals surface area contributed by atoms with Gasteiger partial charge in [0.1, 0.15) is 18.7 Å². The van der Waals surface area contributed by atoms with E-state index in [1.54, 1.807) is 0 Å². The third-order valence-corrected chi connectivity index (χ3v) is 2.88. The van der Waals surface area contributed by atoms with Crippen molar-refractivity contribution >= 4 is 11.6 Å². The molecule has 0 aliphatic rings. The zero-order chi connectivity index (χ0) is 14.1. The monoisotopic (exact) mass is 295 g/mol. The maximum Gasteiger partial charge on any atom is 0.343 e. The molecule has 0 unspecified atom stereocenters. The second kappa shape index (κ2) is 4.89. The number of H-pyrrole nitrogens is 1. The first-order valence-corrected chi connectivity index (χ1v) is 5.89. The lowest BCUT2D eigenvalue weighted by atomic mass is 10.2. The van der Waals surface area contributed by atoms with Crippen LogP contribution in [0.4, 0.5) is 4.39 Å². The lowest BCUT2D eigenvalue weighted by Gasteiger charge is -1.97. The van der Waals surface area contributed by atoms with E-state index in [2.05, 4.69) is 20.3 Å². The Morgan fingerprint density at radius 2 is 2.30 bits per heavy atom. The number of hydrogen-bond acceptors (Lipinski definition) is 5. The van der Waals surface area contributed by atoms with E-state index in [1.165, 1.54) is 23.0 Å². The smallest absolute Gasteiger partial charge is 0.337 e. The summed E-state index contributed by atoms with van der Waals surface area (Å²) in [6.07, 6.45) is 1.32. The molecule has 0 bridgehead atoms. The molecule has 2 heterocycles. The van der Waals surface area contributed by atoms with E-state index >= 15 is 0 Å². The first-order valence-electron chi connectivity index (χ1n) is 5.51. The van der Waals surface area contributed by atoms with Crippen molar-refractivity contribution in [3.63, 3.8) is 0 Å². The van der Waals surface area contributed by atoms with E-state index in [1.807, 2.05) is 0 Å². The van der Waals surface area contributed by atoms with Crippen LogP contribution in [0.2, 0.25) is 5.02 Å². The highest BCUT2D eigenvalue weighted by atomic mass is 35.5. The van der Waals surface area contributed by atoms with Gasteiger partial charge in [-0.25, -0.2) is 14.3 Å². The molecule has 0 saturated carbocycles. The van der Waals surface area contributed by atoms with Crippen molar-refractivity contribution in [3.8, 4) is 11.4 Å². The molecular weight excluding hydrogens is 289 g/mol. The lowest BCUT2D eigenvalue weighted by molar-refractivity contribution is 0.370. The summed E-state index contributed by atoms with van der Waals surface area (Å²) >= 11 is 5.91. The fourth-order valence-corrected chi connectivity index (χ4v) is 1.88. The molecule has 1 aromatic carbocycles. The van der Waals surface area contributed by atoms with E-state index < -0.39 is 5.82 Å². The number of nitrogens with zero attached hydrogens (tertiary/aromatic N) is 4. The van der Waals surface area contributed by atoms with Crippen LogP contribution in [-0.4, -0.2) is 24.9 Å². The number of nitrogens with one attached hydrogen (secondary N) is 1. The molecule has 9 heteroatoms. The Kier molecular flexibility index (Phi) is 3.07. The van der Waals surface area contributed by atoms with Crippen LogP contribution in [0, 0.1) is 5.82 Å². The van der Waals surface area contributed by atoms with Crippen LogP contribution in [0.3, 0.4) is 0 Å². The molecule has 0 atom stereocenters. The van der Waals surface area contributed by atoms with Crippen LogP contribution >= 0.6 is 11.6 Å². The van der Waals surface area contributed by atoms with Gasteiger partial charge in [0, 0.05) is 5.56 Å². The highest BCUT2D eigenvalue weighted by Crippen LogP contribution is 2.26. The molecule has 0 amide bonds. The Hall–Kier alpha value is -2.48. The normalized spacial score (nSPS) is 10.9. The third kappa shape index (κ3) is 2.32. The molecule has 1 N–H and O–H groups in total. The number of aromatic amines is 1. The second-order valence-corrected chi connectivity index (χ2v) is 4.33. The summed E-state index contributed by atoms with van der Waals surface area (Å²) in [4.78, 5) is 15.4. The quantitative estimate of drug-likeness (QED) is 0.790. The summed E-state index contributed by atoms with van der Waals surface area (Å²) in [5.74, 6) is -0.0159. The van der Waals surface area contributed by atoms with Crippen molar-refractivity contribution in [2.24, 2.45) is 0 Å². The minimum Gasteiger partial charge on any atom is -0.337 e. The summed E-state index contributed by atoms with van der Waals surface area (Å²) in [5.41, 5.74) is 0.0622. The van der Waals surface area contributed by atoms with E-state index in [9.17, 15) is 9.18 Å². The van der Waals surface area contributed by atoms with Gasteiger partial charge in [0.2, 0.25) is 11.7 Å². The Labute approximate surface area is 116 Å². The maximum atomic E-state index is 13.0. The number of aromatic nitrogens is 5. The van der Waals surface area contributed by atoms with Crippen molar-refractivity contribution < 1.29 is 8.91 Å². The minimum absolute atomic E-state index is 0.0845. The standard InChI is InChI=1S/C11H7ClFN5O2/c12-8-3-6(13)1-2-7(8)10-15-9(20-17-10)4-18-5-14-16-11(18)19/h1-3,5H,4H2,(H,16,19). The first-order chi connectivity index (χ1) is 9.63. The minimum atomic E-state index is -0.451. The molecule has 7 nitrogen and oxygen atoms in total. The zero-order valence-corrected chi connectivity index (χ0v) is 10.6. The molecule has 0 saturated heterocycles. The molecule has 3 aromatic rings. The van der Waals surface area contributed by atoms with Gasteiger partial charge in [-0.1, -0.05) is 16.8 Å². The fraction of sp³-hybridized carbons (Fsp3) is 0.0909.